The number of hydrogen-bond donors (Lipinski definition) is 1. The third-order valence-corrected chi connectivity index (χ3v) is 4.55. The number of methoxy groups -OCH3 is 1. The summed E-state index contributed by atoms with van der Waals surface area (Å²) in [7, 11) is 3.62. The lowest BCUT2D eigenvalue weighted by molar-refractivity contribution is 0.102. The molecule has 0 aliphatic heterocycles. The summed E-state index contributed by atoms with van der Waals surface area (Å²) >= 11 is 0. The van der Waals surface area contributed by atoms with Crippen LogP contribution in [-0.4, -0.2) is 33.7 Å². The van der Waals surface area contributed by atoms with Crippen LogP contribution >= 0.6 is 0 Å². The Morgan fingerprint density at radius 1 is 1.19 bits per heavy atom. The van der Waals surface area contributed by atoms with Crippen LogP contribution in [0.25, 0.3) is 21.9 Å². The van der Waals surface area contributed by atoms with E-state index in [1.54, 1.807) is 13.4 Å². The molecule has 0 saturated heterocycles. The zero-order valence-corrected chi connectivity index (χ0v) is 14.8. The minimum Gasteiger partial charge on any atom is -0.383 e. The molecular formula is C20H20N4O2. The Morgan fingerprint density at radius 3 is 2.88 bits per heavy atom. The maximum atomic E-state index is 12.9. The van der Waals surface area contributed by atoms with Gasteiger partial charge in [-0.3, -0.25) is 4.79 Å². The minimum atomic E-state index is -0.132. The van der Waals surface area contributed by atoms with Crippen LogP contribution in [-0.2, 0) is 18.3 Å². The van der Waals surface area contributed by atoms with E-state index in [0.717, 1.165) is 27.6 Å². The van der Waals surface area contributed by atoms with Gasteiger partial charge >= 0.3 is 0 Å². The third-order valence-electron chi connectivity index (χ3n) is 4.55. The zero-order chi connectivity index (χ0) is 18.1. The van der Waals surface area contributed by atoms with Crippen LogP contribution in [0.5, 0.6) is 0 Å². The van der Waals surface area contributed by atoms with Gasteiger partial charge in [0.05, 0.1) is 29.5 Å². The molecule has 2 aromatic heterocycles. The quantitative estimate of drug-likeness (QED) is 0.601. The molecule has 0 bridgehead atoms. The number of nitrogens with zero attached hydrogens (tertiary/aromatic N) is 3. The lowest BCUT2D eigenvalue weighted by Gasteiger charge is -2.05. The average molecular weight is 348 g/mol. The van der Waals surface area contributed by atoms with Gasteiger partial charge in [0.15, 0.2) is 0 Å². The monoisotopic (exact) mass is 348 g/mol. The summed E-state index contributed by atoms with van der Waals surface area (Å²) in [6.45, 7) is 1.29. The molecule has 2 aromatic carbocycles. The van der Waals surface area contributed by atoms with E-state index < -0.39 is 0 Å². The Morgan fingerprint density at radius 2 is 2.04 bits per heavy atom. The van der Waals surface area contributed by atoms with E-state index >= 15 is 0 Å². The van der Waals surface area contributed by atoms with Gasteiger partial charge in [-0.25, -0.2) is 4.98 Å². The fraction of sp³-hybridized carbons (Fsp3) is 0.200. The van der Waals surface area contributed by atoms with Crippen molar-refractivity contribution in [1.29, 1.82) is 0 Å². The number of ether oxygens (including phenoxy) is 1. The summed E-state index contributed by atoms with van der Waals surface area (Å²) in [6.07, 6.45) is 3.65. The summed E-state index contributed by atoms with van der Waals surface area (Å²) in [5, 5.41) is 3.92. The average Bonchev–Trinajstić information content (AvgIpc) is 3.21. The van der Waals surface area contributed by atoms with Gasteiger partial charge in [-0.2, -0.15) is 0 Å². The Kier molecular flexibility index (Phi) is 4.18. The first-order valence-electron chi connectivity index (χ1n) is 8.46. The highest BCUT2D eigenvalue weighted by atomic mass is 16.5. The van der Waals surface area contributed by atoms with Crippen molar-refractivity contribution in [2.24, 2.45) is 7.05 Å². The number of fused-ring (bicyclic) bond motifs is 2. The van der Waals surface area contributed by atoms with Gasteiger partial charge in [0.1, 0.15) is 0 Å². The molecule has 0 aliphatic carbocycles. The summed E-state index contributed by atoms with van der Waals surface area (Å²) in [5.41, 5.74) is 4.29. The number of rotatable bonds is 5. The number of carbonyl (C=O) groups excluding carboxylic acids is 1. The van der Waals surface area contributed by atoms with Gasteiger partial charge in [-0.15, -0.1) is 0 Å². The molecule has 0 radical (unpaired) electrons. The van der Waals surface area contributed by atoms with Crippen molar-refractivity contribution in [3.05, 3.63) is 60.6 Å². The molecule has 1 amide bonds. The molecule has 6 heteroatoms. The van der Waals surface area contributed by atoms with Crippen molar-refractivity contribution in [1.82, 2.24) is 14.1 Å². The topological polar surface area (TPSA) is 61.1 Å². The number of anilines is 1. The van der Waals surface area contributed by atoms with Crippen LogP contribution in [0.4, 0.5) is 5.69 Å². The number of carbonyl (C=O) groups is 1. The predicted octanol–water partition coefficient (Wildman–Crippen LogP) is 3.43. The van der Waals surface area contributed by atoms with Crippen LogP contribution in [0.2, 0.25) is 0 Å². The predicted molar refractivity (Wildman–Crippen MR) is 102 cm³/mol. The first-order chi connectivity index (χ1) is 12.7. The van der Waals surface area contributed by atoms with Crippen LogP contribution in [0.3, 0.4) is 0 Å². The van der Waals surface area contributed by atoms with Gasteiger partial charge in [0, 0.05) is 43.5 Å². The van der Waals surface area contributed by atoms with Crippen molar-refractivity contribution in [3.63, 3.8) is 0 Å². The second-order valence-electron chi connectivity index (χ2n) is 6.26. The highest BCUT2D eigenvalue weighted by molar-refractivity contribution is 6.13. The molecular weight excluding hydrogens is 328 g/mol. The number of amides is 1. The van der Waals surface area contributed by atoms with Crippen LogP contribution < -0.4 is 5.32 Å². The van der Waals surface area contributed by atoms with Crippen molar-refractivity contribution in [2.45, 2.75) is 6.54 Å². The molecule has 26 heavy (non-hydrogen) atoms. The molecule has 132 valence electrons. The van der Waals surface area contributed by atoms with E-state index in [9.17, 15) is 4.79 Å². The normalized spacial score (nSPS) is 11.3. The lowest BCUT2D eigenvalue weighted by atomic mass is 10.1. The molecule has 1 N–H and O–H groups in total. The number of aryl methyl sites for hydroxylation is 1. The molecule has 0 fully saturated rings. The van der Waals surface area contributed by atoms with E-state index in [-0.39, 0.29) is 5.91 Å². The van der Waals surface area contributed by atoms with Gasteiger partial charge in [0.2, 0.25) is 0 Å². The van der Waals surface area contributed by atoms with Crippen LogP contribution in [0.1, 0.15) is 10.4 Å². The summed E-state index contributed by atoms with van der Waals surface area (Å²) in [4.78, 5) is 17.2. The van der Waals surface area contributed by atoms with Crippen molar-refractivity contribution in [3.8, 4) is 0 Å². The van der Waals surface area contributed by atoms with Crippen molar-refractivity contribution < 1.29 is 9.53 Å². The molecule has 4 rings (SSSR count). The smallest absolute Gasteiger partial charge is 0.257 e. The standard InChI is InChI=1S/C20H20N4O2/c1-23-13-21-17-11-14(7-8-19(17)23)22-20(25)16-12-24(9-10-26-2)18-6-4-3-5-15(16)18/h3-8,11-13H,9-10H2,1-2H3,(H,22,25). The molecule has 0 spiro atoms. The number of para-hydroxylation sites is 1. The summed E-state index contributed by atoms with van der Waals surface area (Å²) in [5.74, 6) is -0.132. The molecule has 6 nitrogen and oxygen atoms in total. The molecule has 0 aliphatic rings. The number of nitrogens with one attached hydrogen (secondary N) is 1. The van der Waals surface area contributed by atoms with Crippen molar-refractivity contribution in [2.75, 3.05) is 19.0 Å². The number of aromatic nitrogens is 3. The van der Waals surface area contributed by atoms with Crippen molar-refractivity contribution >= 4 is 33.5 Å². The van der Waals surface area contributed by atoms with Crippen LogP contribution in [0.15, 0.2) is 55.0 Å². The molecule has 0 atom stereocenters. The largest absolute Gasteiger partial charge is 0.383 e. The van der Waals surface area contributed by atoms with Gasteiger partial charge in [-0.1, -0.05) is 18.2 Å². The Hall–Kier alpha value is -3.12. The number of imidazole rings is 1. The second-order valence-corrected chi connectivity index (χ2v) is 6.26. The summed E-state index contributed by atoms with van der Waals surface area (Å²) < 4.78 is 9.17. The van der Waals surface area contributed by atoms with Gasteiger partial charge in [0.25, 0.3) is 5.91 Å². The van der Waals surface area contributed by atoms with E-state index in [2.05, 4.69) is 14.9 Å². The van der Waals surface area contributed by atoms with Gasteiger partial charge in [-0.05, 0) is 24.3 Å². The van der Waals surface area contributed by atoms with E-state index in [0.29, 0.717) is 18.7 Å². The van der Waals surface area contributed by atoms with E-state index in [4.69, 9.17) is 4.74 Å². The SMILES string of the molecule is COCCn1cc(C(=O)Nc2ccc3c(c2)ncn3C)c2ccccc21. The number of hydrogen-bond acceptors (Lipinski definition) is 3. The Labute approximate surface area is 151 Å². The first-order valence-corrected chi connectivity index (χ1v) is 8.46. The first kappa shape index (κ1) is 16.4. The fourth-order valence-corrected chi connectivity index (χ4v) is 3.21. The zero-order valence-electron chi connectivity index (χ0n) is 14.8. The highest BCUT2D eigenvalue weighted by Gasteiger charge is 2.15. The molecule has 0 saturated carbocycles. The van der Waals surface area contributed by atoms with E-state index in [1.165, 1.54) is 0 Å². The second kappa shape index (κ2) is 6.65. The van der Waals surface area contributed by atoms with Crippen LogP contribution in [0, 0.1) is 0 Å². The maximum Gasteiger partial charge on any atom is 0.257 e. The summed E-state index contributed by atoms with van der Waals surface area (Å²) in [6, 6.07) is 13.6. The number of benzene rings is 2. The third kappa shape index (κ3) is 2.84. The molecule has 2 heterocycles. The lowest BCUT2D eigenvalue weighted by Crippen LogP contribution is -2.11. The fourth-order valence-electron chi connectivity index (χ4n) is 3.21. The van der Waals surface area contributed by atoms with Gasteiger partial charge < -0.3 is 19.2 Å². The highest BCUT2D eigenvalue weighted by Crippen LogP contribution is 2.23. The maximum absolute atomic E-state index is 12.9. The molecule has 0 unspecified atom stereocenters. The Balaban J connectivity index is 1.66. The Bertz CT molecular complexity index is 1090. The molecule has 4 aromatic rings. The minimum absolute atomic E-state index is 0.132. The van der Waals surface area contributed by atoms with E-state index in [1.807, 2.05) is 60.3 Å².